The molecule has 3 heterocycles. The molecule has 0 aliphatic carbocycles. The maximum atomic E-state index is 13.5. The van der Waals surface area contributed by atoms with E-state index in [1.807, 2.05) is 21.1 Å². The van der Waals surface area contributed by atoms with E-state index in [4.69, 9.17) is 11.6 Å². The van der Waals surface area contributed by atoms with Crippen LogP contribution in [0.4, 0.5) is 15.9 Å². The maximum absolute atomic E-state index is 13.5. The number of anilines is 2. The summed E-state index contributed by atoms with van der Waals surface area (Å²) in [6.07, 6.45) is 5.36. The molecule has 1 aromatic carbocycles. The topological polar surface area (TPSA) is 75.1 Å². The van der Waals surface area contributed by atoms with Gasteiger partial charge in [0.05, 0.1) is 11.9 Å². The summed E-state index contributed by atoms with van der Waals surface area (Å²) in [5.41, 5.74) is 1.34. The quantitative estimate of drug-likeness (QED) is 0.430. The Kier molecular flexibility index (Phi) is 6.84. The van der Waals surface area contributed by atoms with Gasteiger partial charge in [0.1, 0.15) is 18.0 Å². The van der Waals surface area contributed by atoms with Gasteiger partial charge in [-0.05, 0) is 37.1 Å². The monoisotopic (exact) mass is 560 g/mol. The van der Waals surface area contributed by atoms with Crippen molar-refractivity contribution in [3.63, 3.8) is 0 Å². The van der Waals surface area contributed by atoms with Gasteiger partial charge in [-0.25, -0.2) is 14.4 Å². The van der Waals surface area contributed by atoms with Gasteiger partial charge >= 0.3 is 0 Å². The van der Waals surface area contributed by atoms with Gasteiger partial charge in [-0.1, -0.05) is 11.6 Å². The summed E-state index contributed by atoms with van der Waals surface area (Å²) in [6, 6.07) is 6.23. The Labute approximate surface area is 194 Å². The highest BCUT2D eigenvalue weighted by atomic mass is 127. The van der Waals surface area contributed by atoms with Gasteiger partial charge in [-0.2, -0.15) is 0 Å². The SMILES string of the molecule is O=C(CNc1cc(F)cc(Cl)c1)N1CCCC(Nc2ncnc3c2ccn3SI)C1. The third kappa shape index (κ3) is 4.92. The number of carbonyl (C=O) groups excluding carboxylic acids is 1. The van der Waals surface area contributed by atoms with Crippen molar-refractivity contribution in [3.8, 4) is 0 Å². The Morgan fingerprint density at radius 1 is 1.37 bits per heavy atom. The lowest BCUT2D eigenvalue weighted by atomic mass is 10.1. The largest absolute Gasteiger partial charge is 0.376 e. The number of likely N-dealkylation sites (tertiary alicyclic amines) is 1. The van der Waals surface area contributed by atoms with Gasteiger partial charge in [0.2, 0.25) is 5.91 Å². The number of fused-ring (bicyclic) bond motifs is 1. The minimum atomic E-state index is -0.439. The van der Waals surface area contributed by atoms with Crippen molar-refractivity contribution in [1.82, 2.24) is 18.8 Å². The van der Waals surface area contributed by atoms with Crippen LogP contribution in [0.1, 0.15) is 12.8 Å². The van der Waals surface area contributed by atoms with E-state index in [1.165, 1.54) is 12.1 Å². The molecule has 1 aliphatic rings. The van der Waals surface area contributed by atoms with Crippen LogP contribution < -0.4 is 10.6 Å². The van der Waals surface area contributed by atoms with E-state index in [-0.39, 0.29) is 23.5 Å². The van der Waals surface area contributed by atoms with Gasteiger partial charge in [-0.15, -0.1) is 0 Å². The first kappa shape index (κ1) is 21.4. The molecule has 7 nitrogen and oxygen atoms in total. The summed E-state index contributed by atoms with van der Waals surface area (Å²) in [5, 5.41) is 7.68. The summed E-state index contributed by atoms with van der Waals surface area (Å²) in [4.78, 5) is 23.2. The van der Waals surface area contributed by atoms with Crippen LogP contribution in [0, 0.1) is 5.82 Å². The van der Waals surface area contributed by atoms with Crippen molar-refractivity contribution in [2.24, 2.45) is 0 Å². The Bertz CT molecular complexity index is 1050. The molecule has 0 radical (unpaired) electrons. The van der Waals surface area contributed by atoms with E-state index in [0.29, 0.717) is 18.8 Å². The number of hydrogen-bond acceptors (Lipinski definition) is 6. The highest BCUT2D eigenvalue weighted by Gasteiger charge is 2.24. The molecule has 158 valence electrons. The zero-order valence-corrected chi connectivity index (χ0v) is 19.5. The summed E-state index contributed by atoms with van der Waals surface area (Å²) in [5.74, 6) is 0.295. The second-order valence-electron chi connectivity index (χ2n) is 7.01. The number of nitrogens with one attached hydrogen (secondary N) is 2. The van der Waals surface area contributed by atoms with E-state index in [9.17, 15) is 9.18 Å². The molecule has 0 saturated carbocycles. The second kappa shape index (κ2) is 9.56. The predicted octanol–water partition coefficient (Wildman–Crippen LogP) is 4.59. The van der Waals surface area contributed by atoms with Gasteiger partial charge in [-0.3, -0.25) is 8.77 Å². The van der Waals surface area contributed by atoms with Crippen molar-refractivity contribution in [2.75, 3.05) is 30.3 Å². The zero-order chi connectivity index (χ0) is 21.1. The van der Waals surface area contributed by atoms with E-state index < -0.39 is 5.82 Å². The van der Waals surface area contributed by atoms with Crippen molar-refractivity contribution in [2.45, 2.75) is 18.9 Å². The lowest BCUT2D eigenvalue weighted by molar-refractivity contribution is -0.130. The maximum Gasteiger partial charge on any atom is 0.241 e. The smallest absolute Gasteiger partial charge is 0.241 e. The fourth-order valence-electron chi connectivity index (χ4n) is 3.56. The van der Waals surface area contributed by atoms with Crippen molar-refractivity contribution in [3.05, 3.63) is 47.6 Å². The van der Waals surface area contributed by atoms with E-state index in [2.05, 4.69) is 41.8 Å². The third-order valence-electron chi connectivity index (χ3n) is 4.94. The van der Waals surface area contributed by atoms with Crippen LogP contribution in [0.5, 0.6) is 0 Å². The van der Waals surface area contributed by atoms with E-state index in [0.717, 1.165) is 29.7 Å². The number of hydrogen-bond donors (Lipinski definition) is 2. The number of rotatable bonds is 6. The molecule has 11 heteroatoms. The fraction of sp³-hybridized carbons (Fsp3) is 0.316. The van der Waals surface area contributed by atoms with Crippen molar-refractivity contribution < 1.29 is 9.18 Å². The van der Waals surface area contributed by atoms with Crippen LogP contribution in [0.2, 0.25) is 5.02 Å². The molecule has 0 spiro atoms. The van der Waals surface area contributed by atoms with E-state index in [1.54, 1.807) is 21.5 Å². The first-order chi connectivity index (χ1) is 14.5. The van der Waals surface area contributed by atoms with Gasteiger partial charge in [0.25, 0.3) is 0 Å². The number of piperidine rings is 1. The lowest BCUT2D eigenvalue weighted by Gasteiger charge is -2.33. The molecule has 30 heavy (non-hydrogen) atoms. The number of carbonyl (C=O) groups is 1. The summed E-state index contributed by atoms with van der Waals surface area (Å²) < 4.78 is 15.4. The van der Waals surface area contributed by atoms with Crippen molar-refractivity contribution in [1.29, 1.82) is 0 Å². The zero-order valence-electron chi connectivity index (χ0n) is 15.8. The average Bonchev–Trinajstić information content (AvgIpc) is 3.16. The van der Waals surface area contributed by atoms with Gasteiger partial charge in [0.15, 0.2) is 5.65 Å². The van der Waals surface area contributed by atoms with Crippen LogP contribution in [0.25, 0.3) is 11.0 Å². The summed E-state index contributed by atoms with van der Waals surface area (Å²) in [7, 11) is 1.55. The molecular formula is C19H19ClFIN6OS. The Morgan fingerprint density at radius 3 is 3.03 bits per heavy atom. The highest BCUT2D eigenvalue weighted by molar-refractivity contribution is 14.2. The van der Waals surface area contributed by atoms with E-state index >= 15 is 0 Å². The number of aromatic nitrogens is 3. The van der Waals surface area contributed by atoms with Crippen LogP contribution in [0.15, 0.2) is 36.8 Å². The molecule has 1 fully saturated rings. The van der Waals surface area contributed by atoms with Crippen molar-refractivity contribution >= 4 is 70.4 Å². The Hall–Kier alpha value is -1.79. The molecule has 0 bridgehead atoms. The molecule has 2 N–H and O–H groups in total. The summed E-state index contributed by atoms with van der Waals surface area (Å²) in [6.45, 7) is 1.36. The van der Waals surface area contributed by atoms with Crippen LogP contribution in [0.3, 0.4) is 0 Å². The highest BCUT2D eigenvalue weighted by Crippen LogP contribution is 2.27. The Balaban J connectivity index is 1.38. The lowest BCUT2D eigenvalue weighted by Crippen LogP contribution is -2.47. The fourth-order valence-corrected chi connectivity index (χ4v) is 5.05. The minimum Gasteiger partial charge on any atom is -0.376 e. The second-order valence-corrected chi connectivity index (χ2v) is 9.15. The normalized spacial score (nSPS) is 16.6. The van der Waals surface area contributed by atoms with Crippen LogP contribution in [-0.2, 0) is 4.79 Å². The number of nitrogens with zero attached hydrogens (tertiary/aromatic N) is 4. The third-order valence-corrected chi connectivity index (χ3v) is 6.88. The molecule has 1 amide bonds. The van der Waals surface area contributed by atoms with Crippen LogP contribution in [-0.4, -0.2) is 50.4 Å². The molecule has 4 rings (SSSR count). The first-order valence-corrected chi connectivity index (χ1v) is 13.1. The number of halogens is 3. The molecule has 1 saturated heterocycles. The molecular weight excluding hydrogens is 542 g/mol. The number of benzene rings is 1. The molecule has 1 unspecified atom stereocenters. The average molecular weight is 561 g/mol. The molecule has 2 aromatic heterocycles. The Morgan fingerprint density at radius 2 is 2.23 bits per heavy atom. The molecule has 3 aromatic rings. The standard InChI is InChI=1S/C19H19ClFIN6OS/c20-12-6-13(21)8-15(7-12)23-9-17(29)27-4-1-2-14(10-27)26-18-16-3-5-28(30-22)19(16)25-11-24-18/h3,5-8,11,14,23H,1-2,4,9-10H2,(H,24,25,26). The molecule has 1 atom stereocenters. The number of amides is 1. The van der Waals surface area contributed by atoms with Gasteiger partial charge < -0.3 is 15.5 Å². The predicted molar refractivity (Wildman–Crippen MR) is 128 cm³/mol. The molecule has 1 aliphatic heterocycles. The minimum absolute atomic E-state index is 0.0396. The summed E-state index contributed by atoms with van der Waals surface area (Å²) >= 11 is 8.08. The van der Waals surface area contributed by atoms with Gasteiger partial charge in [0, 0.05) is 66.4 Å². The first-order valence-electron chi connectivity index (χ1n) is 9.39. The van der Waals surface area contributed by atoms with Crippen LogP contribution >= 0.6 is 41.9 Å².